The van der Waals surface area contributed by atoms with Gasteiger partial charge in [-0.25, -0.2) is 4.58 Å². The molecule has 3 nitrogen and oxygen atoms in total. The molecule has 6 rings (SSSR count). The van der Waals surface area contributed by atoms with Gasteiger partial charge in [0, 0.05) is 11.1 Å². The van der Waals surface area contributed by atoms with E-state index >= 15 is 0 Å². The van der Waals surface area contributed by atoms with Crippen LogP contribution in [-0.2, 0) is 0 Å². The van der Waals surface area contributed by atoms with Crippen LogP contribution in [0.4, 0.5) is 28.6 Å². The van der Waals surface area contributed by atoms with E-state index < -0.39 is 7.25 Å². The normalized spacial score (nSPS) is 18.1. The monoisotopic (exact) mass is 531 g/mol. The molecule has 200 valence electrons. The molecule has 0 fully saturated rings. The Kier molecular flexibility index (Phi) is 7.21. The van der Waals surface area contributed by atoms with Crippen LogP contribution in [-0.4, -0.2) is 24.3 Å². The summed E-state index contributed by atoms with van der Waals surface area (Å²) in [6.07, 6.45) is 0. The van der Waals surface area contributed by atoms with Crippen LogP contribution in [0.2, 0.25) is 0 Å². The van der Waals surface area contributed by atoms with E-state index in [0.717, 1.165) is 6.67 Å². The number of hydrogen-bond donors (Lipinski definition) is 1. The van der Waals surface area contributed by atoms with Crippen molar-refractivity contribution >= 4 is 24.5 Å². The number of nitrogens with one attached hydrogen (secondary N) is 1. The van der Waals surface area contributed by atoms with Gasteiger partial charge in [0.2, 0.25) is 0 Å². The van der Waals surface area contributed by atoms with Gasteiger partial charge in [-0.3, -0.25) is 5.32 Å². The molecule has 0 aliphatic carbocycles. The van der Waals surface area contributed by atoms with Crippen molar-refractivity contribution in [3.8, 4) is 0 Å². The van der Waals surface area contributed by atoms with Crippen molar-refractivity contribution in [2.45, 2.75) is 32.9 Å². The minimum absolute atomic E-state index is 0.173. The van der Waals surface area contributed by atoms with Crippen molar-refractivity contribution in [3.05, 3.63) is 130 Å². The van der Waals surface area contributed by atoms with Gasteiger partial charge in [0.1, 0.15) is 0 Å². The van der Waals surface area contributed by atoms with Gasteiger partial charge < -0.3 is 22.2 Å². The van der Waals surface area contributed by atoms with E-state index in [2.05, 4.69) is 133 Å². The molecule has 39 heavy (non-hydrogen) atoms. The molecular formula is C31H30BF4N3. The summed E-state index contributed by atoms with van der Waals surface area (Å²) < 4.78 is 41.6. The third-order valence-corrected chi connectivity index (χ3v) is 7.18. The summed E-state index contributed by atoms with van der Waals surface area (Å²) in [5.74, 6) is 1.22. The van der Waals surface area contributed by atoms with E-state index in [1.807, 2.05) is 0 Å². The van der Waals surface area contributed by atoms with Crippen LogP contribution in [0.5, 0.6) is 0 Å². The molecule has 2 unspecified atom stereocenters. The fourth-order valence-corrected chi connectivity index (χ4v) is 5.90. The summed E-state index contributed by atoms with van der Waals surface area (Å²) in [5.41, 5.74) is 10.4. The van der Waals surface area contributed by atoms with E-state index in [4.69, 9.17) is 0 Å². The molecular weight excluding hydrogens is 501 g/mol. The minimum Gasteiger partial charge on any atom is -0.418 e. The van der Waals surface area contributed by atoms with Crippen LogP contribution in [0, 0.1) is 20.8 Å². The molecule has 0 aromatic heterocycles. The Morgan fingerprint density at radius 1 is 0.744 bits per heavy atom. The molecule has 0 amide bonds. The van der Waals surface area contributed by atoms with E-state index in [9.17, 15) is 17.3 Å². The molecule has 1 N–H and O–H groups in total. The number of anilines is 2. The van der Waals surface area contributed by atoms with Gasteiger partial charge >= 0.3 is 7.25 Å². The fourth-order valence-electron chi connectivity index (χ4n) is 5.90. The van der Waals surface area contributed by atoms with E-state index in [1.54, 1.807) is 0 Å². The second-order valence-corrected chi connectivity index (χ2v) is 10.0. The van der Waals surface area contributed by atoms with Gasteiger partial charge in [0.05, 0.1) is 16.9 Å². The maximum Gasteiger partial charge on any atom is 0.673 e. The fraction of sp³-hybridized carbons (Fsp3) is 0.194. The molecule has 2 aliphatic rings. The van der Waals surface area contributed by atoms with Crippen molar-refractivity contribution in [3.63, 3.8) is 0 Å². The minimum atomic E-state index is -6.00. The molecule has 2 aliphatic heterocycles. The molecule has 0 saturated heterocycles. The zero-order valence-corrected chi connectivity index (χ0v) is 22.1. The zero-order chi connectivity index (χ0) is 27.7. The van der Waals surface area contributed by atoms with Crippen LogP contribution in [0.3, 0.4) is 0 Å². The first-order valence-corrected chi connectivity index (χ1v) is 12.9. The Labute approximate surface area is 226 Å². The number of fused-ring (bicyclic) bond motifs is 2. The summed E-state index contributed by atoms with van der Waals surface area (Å²) in [4.78, 5) is 2.51. The molecule has 8 heteroatoms. The Balaban J connectivity index is 0.000000567. The molecule has 0 bridgehead atoms. The average molecular weight is 531 g/mol. The Morgan fingerprint density at radius 2 is 1.26 bits per heavy atom. The maximum absolute atomic E-state index is 9.75. The largest absolute Gasteiger partial charge is 0.673 e. The van der Waals surface area contributed by atoms with Crippen LogP contribution in [0.25, 0.3) is 0 Å². The highest BCUT2D eigenvalue weighted by Gasteiger charge is 2.47. The van der Waals surface area contributed by atoms with Gasteiger partial charge in [-0.2, -0.15) is 0 Å². The highest BCUT2D eigenvalue weighted by Crippen LogP contribution is 2.43. The Hall–Kier alpha value is -4.07. The first-order valence-electron chi connectivity index (χ1n) is 12.9. The summed E-state index contributed by atoms with van der Waals surface area (Å²) in [6.45, 7) is 7.45. The predicted molar refractivity (Wildman–Crippen MR) is 150 cm³/mol. The molecule has 4 aromatic rings. The van der Waals surface area contributed by atoms with Gasteiger partial charge in [-0.1, -0.05) is 90.5 Å². The van der Waals surface area contributed by atoms with Crippen molar-refractivity contribution in [1.29, 1.82) is 0 Å². The van der Waals surface area contributed by atoms with Crippen molar-refractivity contribution in [2.75, 3.05) is 11.6 Å². The third kappa shape index (κ3) is 5.55. The van der Waals surface area contributed by atoms with Crippen LogP contribution < -0.4 is 10.2 Å². The van der Waals surface area contributed by atoms with Crippen LogP contribution in [0.15, 0.2) is 97.1 Å². The van der Waals surface area contributed by atoms with Crippen molar-refractivity contribution in [1.82, 2.24) is 5.32 Å². The summed E-state index contributed by atoms with van der Waals surface area (Å²) in [7, 11) is -6.00. The Morgan fingerprint density at radius 3 is 1.85 bits per heavy atom. The molecule has 0 radical (unpaired) electrons. The smallest absolute Gasteiger partial charge is 0.418 e. The second-order valence-electron chi connectivity index (χ2n) is 10.0. The lowest BCUT2D eigenvalue weighted by atomic mass is 9.94. The van der Waals surface area contributed by atoms with Gasteiger partial charge in [-0.05, 0) is 44.0 Å². The molecule has 0 saturated carbocycles. The number of amidine groups is 1. The summed E-state index contributed by atoms with van der Waals surface area (Å²) in [6, 6.07) is 35.6. The topological polar surface area (TPSA) is 18.3 Å². The van der Waals surface area contributed by atoms with Crippen molar-refractivity contribution < 1.29 is 21.8 Å². The molecule has 2 heterocycles. The SMILES string of the molecule is Cc1cc(C)c(N2C[N+]3=C(NC(c4ccccc4)C3c3ccccc3)c3ccccc32)c(C)c1.F[B-](F)(F)F. The number of halogens is 4. The number of rotatable bonds is 3. The Bertz CT molecular complexity index is 1470. The first kappa shape index (κ1) is 26.5. The molecule has 2 atom stereocenters. The average Bonchev–Trinajstić information content (AvgIpc) is 3.28. The quantitative estimate of drug-likeness (QED) is 0.165. The number of aryl methyl sites for hydroxylation is 3. The lowest BCUT2D eigenvalue weighted by Crippen LogP contribution is -2.39. The molecule has 0 spiro atoms. The van der Waals surface area contributed by atoms with Gasteiger partial charge in [0.25, 0.3) is 5.84 Å². The number of para-hydroxylation sites is 1. The van der Waals surface area contributed by atoms with Gasteiger partial charge in [0.15, 0.2) is 18.8 Å². The standard InChI is InChI=1S/C31H29N3.BF4/c1-21-18-22(2)29(23(3)19-21)33-20-34-30(25-14-8-5-9-15-25)28(24-12-6-4-7-13-24)32-31(34)26-16-10-11-17-27(26)33;2-1(3,4)5/h4-19,28,30H,20H2,1-3H3;/q;-1/p+1. The lowest BCUT2D eigenvalue weighted by molar-refractivity contribution is -0.566. The highest BCUT2D eigenvalue weighted by atomic mass is 19.5. The second kappa shape index (κ2) is 10.6. The third-order valence-electron chi connectivity index (χ3n) is 7.18. The summed E-state index contributed by atoms with van der Waals surface area (Å²) in [5, 5.41) is 3.94. The van der Waals surface area contributed by atoms with E-state index in [1.165, 1.54) is 50.6 Å². The lowest BCUT2D eigenvalue weighted by Gasteiger charge is -2.33. The van der Waals surface area contributed by atoms with Crippen molar-refractivity contribution in [2.24, 2.45) is 0 Å². The summed E-state index contributed by atoms with van der Waals surface area (Å²) >= 11 is 0. The van der Waals surface area contributed by atoms with E-state index in [-0.39, 0.29) is 12.1 Å². The number of hydrogen-bond acceptors (Lipinski definition) is 2. The van der Waals surface area contributed by atoms with Crippen LogP contribution >= 0.6 is 0 Å². The zero-order valence-electron chi connectivity index (χ0n) is 22.1. The maximum atomic E-state index is 9.75. The van der Waals surface area contributed by atoms with Gasteiger partial charge in [-0.15, -0.1) is 0 Å². The first-order chi connectivity index (χ1) is 18.6. The highest BCUT2D eigenvalue weighted by molar-refractivity contribution is 6.50. The number of benzene rings is 4. The predicted octanol–water partition coefficient (Wildman–Crippen LogP) is 7.87. The molecule has 4 aromatic carbocycles. The van der Waals surface area contributed by atoms with Crippen LogP contribution in [0.1, 0.15) is 45.5 Å². The number of nitrogens with zero attached hydrogens (tertiary/aromatic N) is 2. The van der Waals surface area contributed by atoms with E-state index in [0.29, 0.717) is 0 Å².